The molecule has 1 saturated heterocycles. The summed E-state index contributed by atoms with van der Waals surface area (Å²) in [5.41, 5.74) is -1.33. The predicted molar refractivity (Wildman–Crippen MR) is 107 cm³/mol. The first kappa shape index (κ1) is 21.1. The lowest BCUT2D eigenvalue weighted by molar-refractivity contribution is -0.137. The average molecular weight is 432 g/mol. The van der Waals surface area contributed by atoms with E-state index in [1.54, 1.807) is 18.2 Å². The van der Waals surface area contributed by atoms with Gasteiger partial charge < -0.3 is 15.5 Å². The molecular formula is C22H19F3N2O4. The van der Waals surface area contributed by atoms with E-state index in [1.165, 1.54) is 30.5 Å². The van der Waals surface area contributed by atoms with Crippen molar-refractivity contribution in [2.24, 2.45) is 0 Å². The number of nitrogens with zero attached hydrogens (tertiary/aromatic N) is 1. The van der Waals surface area contributed by atoms with Gasteiger partial charge in [-0.1, -0.05) is 24.3 Å². The van der Waals surface area contributed by atoms with Gasteiger partial charge in [0.25, 0.3) is 5.56 Å². The van der Waals surface area contributed by atoms with E-state index in [-0.39, 0.29) is 23.4 Å². The normalized spacial score (nSPS) is 20.1. The molecule has 2 aromatic carbocycles. The molecule has 0 bridgehead atoms. The van der Waals surface area contributed by atoms with Crippen LogP contribution in [0, 0.1) is 0 Å². The Kier molecular flexibility index (Phi) is 5.32. The number of pyridine rings is 1. The number of alkyl halides is 3. The van der Waals surface area contributed by atoms with E-state index >= 15 is 0 Å². The molecule has 3 aromatic rings. The fourth-order valence-corrected chi connectivity index (χ4v) is 3.96. The van der Waals surface area contributed by atoms with Crippen LogP contribution in [0.3, 0.4) is 0 Å². The third kappa shape index (κ3) is 3.82. The molecule has 0 saturated carbocycles. The van der Waals surface area contributed by atoms with Crippen LogP contribution in [0.5, 0.6) is 0 Å². The van der Waals surface area contributed by atoms with Gasteiger partial charge in [-0.15, -0.1) is 0 Å². The Hall–Kier alpha value is -3.17. The summed E-state index contributed by atoms with van der Waals surface area (Å²) in [6.07, 6.45) is -4.21. The molecular weight excluding hydrogens is 413 g/mol. The van der Waals surface area contributed by atoms with Crippen molar-refractivity contribution in [1.29, 1.82) is 0 Å². The zero-order valence-electron chi connectivity index (χ0n) is 16.1. The van der Waals surface area contributed by atoms with E-state index in [9.17, 15) is 27.9 Å². The fourth-order valence-electron chi connectivity index (χ4n) is 3.96. The Morgan fingerprint density at radius 2 is 1.87 bits per heavy atom. The number of rotatable bonds is 4. The van der Waals surface area contributed by atoms with Crippen molar-refractivity contribution in [2.45, 2.75) is 30.7 Å². The second-order valence-electron chi connectivity index (χ2n) is 7.51. The van der Waals surface area contributed by atoms with E-state index in [1.807, 2.05) is 0 Å². The summed E-state index contributed by atoms with van der Waals surface area (Å²) in [6.45, 7) is -0.501. The number of aliphatic hydroxyl groups is 2. The van der Waals surface area contributed by atoms with Crippen LogP contribution in [0.15, 0.2) is 59.5 Å². The SMILES string of the molecule is O=C1NC([C@H](O)CO)C[C@H]1c1ccc2ccn(-c3ccccc3C(F)(F)F)c(=O)c2c1. The summed E-state index contributed by atoms with van der Waals surface area (Å²) in [4.78, 5) is 25.5. The standard InChI is InChI=1S/C22H19F3N2O4/c23-22(24,25)16-3-1-2-4-18(16)27-8-7-12-5-6-13(9-15(12)21(27)31)14-10-17(19(29)11-28)26-20(14)30/h1-9,14,17,19,28-29H,10-11H2,(H,26,30)/t14-,17?,19+/m0/s1. The molecule has 3 atom stereocenters. The second kappa shape index (κ2) is 7.82. The van der Waals surface area contributed by atoms with Crippen molar-refractivity contribution in [3.05, 3.63) is 76.2 Å². The van der Waals surface area contributed by atoms with Gasteiger partial charge in [-0.25, -0.2) is 0 Å². The topological polar surface area (TPSA) is 91.6 Å². The van der Waals surface area contributed by atoms with Gasteiger partial charge in [-0.3, -0.25) is 14.2 Å². The van der Waals surface area contributed by atoms with Crippen molar-refractivity contribution in [3.8, 4) is 5.69 Å². The Labute approximate surface area is 174 Å². The van der Waals surface area contributed by atoms with Crippen LogP contribution >= 0.6 is 0 Å². The van der Waals surface area contributed by atoms with Crippen LogP contribution in [0.4, 0.5) is 13.2 Å². The largest absolute Gasteiger partial charge is 0.418 e. The van der Waals surface area contributed by atoms with E-state index in [0.29, 0.717) is 10.9 Å². The molecule has 0 radical (unpaired) electrons. The van der Waals surface area contributed by atoms with Crippen molar-refractivity contribution in [1.82, 2.24) is 9.88 Å². The lowest BCUT2D eigenvalue weighted by atomic mass is 9.93. The van der Waals surface area contributed by atoms with Crippen molar-refractivity contribution in [3.63, 3.8) is 0 Å². The zero-order chi connectivity index (χ0) is 22.3. The number of para-hydroxylation sites is 1. The molecule has 6 nitrogen and oxygen atoms in total. The number of hydrogen-bond acceptors (Lipinski definition) is 4. The van der Waals surface area contributed by atoms with Gasteiger partial charge >= 0.3 is 6.18 Å². The first-order valence-corrected chi connectivity index (χ1v) is 9.62. The molecule has 1 aliphatic heterocycles. The maximum atomic E-state index is 13.4. The first-order chi connectivity index (χ1) is 14.7. The molecule has 0 aliphatic carbocycles. The molecule has 31 heavy (non-hydrogen) atoms. The van der Waals surface area contributed by atoms with Gasteiger partial charge in [0.2, 0.25) is 5.91 Å². The molecule has 4 rings (SSSR count). The predicted octanol–water partition coefficient (Wildman–Crippen LogP) is 2.33. The number of carbonyl (C=O) groups excluding carboxylic acids is 1. The molecule has 9 heteroatoms. The van der Waals surface area contributed by atoms with E-state index in [4.69, 9.17) is 5.11 Å². The smallest absolute Gasteiger partial charge is 0.394 e. The number of benzene rings is 2. The number of carbonyl (C=O) groups is 1. The number of hydrogen-bond donors (Lipinski definition) is 3. The number of nitrogens with one attached hydrogen (secondary N) is 1. The van der Waals surface area contributed by atoms with Crippen LogP contribution in [0.25, 0.3) is 16.5 Å². The highest BCUT2D eigenvalue weighted by atomic mass is 19.4. The van der Waals surface area contributed by atoms with Gasteiger partial charge in [0.1, 0.15) is 0 Å². The van der Waals surface area contributed by atoms with Crippen LogP contribution < -0.4 is 10.9 Å². The van der Waals surface area contributed by atoms with Crippen LogP contribution in [-0.4, -0.2) is 39.4 Å². The van der Waals surface area contributed by atoms with Gasteiger partial charge in [0.15, 0.2) is 0 Å². The first-order valence-electron chi connectivity index (χ1n) is 9.62. The number of aliphatic hydroxyl groups excluding tert-OH is 2. The highest BCUT2D eigenvalue weighted by molar-refractivity contribution is 5.89. The van der Waals surface area contributed by atoms with Crippen LogP contribution in [0.2, 0.25) is 0 Å². The number of aromatic nitrogens is 1. The summed E-state index contributed by atoms with van der Waals surface area (Å²) in [6, 6.07) is 10.6. The Morgan fingerprint density at radius 3 is 2.58 bits per heavy atom. The molecule has 1 amide bonds. The van der Waals surface area contributed by atoms with Crippen molar-refractivity contribution >= 4 is 16.7 Å². The molecule has 3 N–H and O–H groups in total. The minimum absolute atomic E-state index is 0.177. The zero-order valence-corrected chi connectivity index (χ0v) is 16.1. The molecule has 1 unspecified atom stereocenters. The Morgan fingerprint density at radius 1 is 1.13 bits per heavy atom. The van der Waals surface area contributed by atoms with Crippen molar-refractivity contribution in [2.75, 3.05) is 6.61 Å². The quantitative estimate of drug-likeness (QED) is 0.590. The summed E-state index contributed by atoms with van der Waals surface area (Å²) in [5, 5.41) is 22.2. The fraction of sp³-hybridized carbons (Fsp3) is 0.273. The molecule has 1 aliphatic rings. The van der Waals surface area contributed by atoms with Gasteiger partial charge in [-0.2, -0.15) is 13.2 Å². The molecule has 1 fully saturated rings. The third-order valence-corrected chi connectivity index (χ3v) is 5.59. The lowest BCUT2D eigenvalue weighted by Crippen LogP contribution is -2.38. The van der Waals surface area contributed by atoms with E-state index in [0.717, 1.165) is 10.6 Å². The van der Waals surface area contributed by atoms with Crippen molar-refractivity contribution < 1.29 is 28.2 Å². The molecule has 1 aromatic heterocycles. The van der Waals surface area contributed by atoms with Gasteiger partial charge in [0.05, 0.1) is 35.9 Å². The average Bonchev–Trinajstić information content (AvgIpc) is 3.14. The highest BCUT2D eigenvalue weighted by Crippen LogP contribution is 2.34. The third-order valence-electron chi connectivity index (χ3n) is 5.59. The summed E-state index contributed by atoms with van der Waals surface area (Å²) in [5.74, 6) is -0.998. The Bertz CT molecular complexity index is 1210. The minimum atomic E-state index is -4.63. The molecule has 162 valence electrons. The monoisotopic (exact) mass is 432 g/mol. The molecule has 2 heterocycles. The van der Waals surface area contributed by atoms with Crippen LogP contribution in [0.1, 0.15) is 23.5 Å². The molecule has 0 spiro atoms. The second-order valence-corrected chi connectivity index (χ2v) is 7.51. The van der Waals surface area contributed by atoms with E-state index in [2.05, 4.69) is 5.32 Å². The maximum absolute atomic E-state index is 13.4. The number of halogens is 3. The van der Waals surface area contributed by atoms with Crippen LogP contribution in [-0.2, 0) is 11.0 Å². The summed E-state index contributed by atoms with van der Waals surface area (Å²) in [7, 11) is 0. The Balaban J connectivity index is 1.80. The maximum Gasteiger partial charge on any atom is 0.418 e. The highest BCUT2D eigenvalue weighted by Gasteiger charge is 2.37. The van der Waals surface area contributed by atoms with Gasteiger partial charge in [-0.05, 0) is 41.6 Å². The number of fused-ring (bicyclic) bond motifs is 1. The summed E-state index contributed by atoms with van der Waals surface area (Å²) >= 11 is 0. The van der Waals surface area contributed by atoms with Gasteiger partial charge in [0, 0.05) is 11.6 Å². The van der Waals surface area contributed by atoms with E-state index < -0.39 is 42.0 Å². The summed E-state index contributed by atoms with van der Waals surface area (Å²) < 4.78 is 41.2. The lowest BCUT2D eigenvalue weighted by Gasteiger charge is -2.16. The number of amides is 1. The minimum Gasteiger partial charge on any atom is -0.394 e.